The molecule has 3 aliphatic carbocycles. The largest absolute Gasteiger partial charge is 0.510 e. The summed E-state index contributed by atoms with van der Waals surface area (Å²) in [4.78, 5) is 40.8. The SMILES string of the molecule is CN(C)[C@@H]1C(O)=C(C(N)=O)C(=O)[C@@]2(O)C(O)=C3C(=O)c4c(O)cccc4/C(=C\c4ccc(C#N)cc4)[C@H]3[C@H](O)[C@@H]12. The molecule has 204 valence electrons. The van der Waals surface area contributed by atoms with Crippen molar-refractivity contribution in [3.63, 3.8) is 0 Å². The standard InChI is InChI=1S/C29H25N3O8/c1-32(2)22-21-24(35)18-15(10-12-6-8-13(11-30)9-7-12)14-4-3-5-16(33)17(14)23(34)19(18)26(37)29(21,40)27(38)20(25(22)36)28(31)39/h3-10,18,21-22,24,33,35-37,40H,1-2H3,(H2,31,39)/b15-10+/t18-,21-,22+,24+,29+/m1/s1. The van der Waals surface area contributed by atoms with Crippen molar-refractivity contribution < 1.29 is 39.9 Å². The van der Waals surface area contributed by atoms with E-state index in [1.807, 2.05) is 6.07 Å². The van der Waals surface area contributed by atoms with E-state index in [0.29, 0.717) is 11.1 Å². The second kappa shape index (κ2) is 9.17. The van der Waals surface area contributed by atoms with Crippen molar-refractivity contribution in [2.24, 2.45) is 17.6 Å². The molecule has 0 unspecified atom stereocenters. The maximum absolute atomic E-state index is 13.8. The number of nitrogens with zero attached hydrogens (tertiary/aromatic N) is 2. The van der Waals surface area contributed by atoms with Crippen molar-refractivity contribution in [2.75, 3.05) is 14.1 Å². The van der Waals surface area contributed by atoms with Crippen LogP contribution in [0.25, 0.3) is 11.6 Å². The van der Waals surface area contributed by atoms with E-state index in [4.69, 9.17) is 11.0 Å². The highest BCUT2D eigenvalue weighted by atomic mass is 16.4. The van der Waals surface area contributed by atoms with Gasteiger partial charge >= 0.3 is 0 Å². The van der Waals surface area contributed by atoms with Crippen LogP contribution in [0.2, 0.25) is 0 Å². The Hall–Kier alpha value is -4.76. The van der Waals surface area contributed by atoms with Gasteiger partial charge in [-0.05, 0) is 49.0 Å². The van der Waals surface area contributed by atoms with E-state index < -0.39 is 75.5 Å². The molecule has 0 bridgehead atoms. The van der Waals surface area contributed by atoms with Crippen LogP contribution in [0.3, 0.4) is 0 Å². The number of primary amides is 1. The smallest absolute Gasteiger partial charge is 0.255 e. The average Bonchev–Trinajstić information content (AvgIpc) is 2.90. The topological polar surface area (TPSA) is 205 Å². The Morgan fingerprint density at radius 2 is 1.75 bits per heavy atom. The third-order valence-electron chi connectivity index (χ3n) is 7.89. The molecule has 0 aromatic heterocycles. The lowest BCUT2D eigenvalue weighted by molar-refractivity contribution is -0.159. The summed E-state index contributed by atoms with van der Waals surface area (Å²) < 4.78 is 0. The lowest BCUT2D eigenvalue weighted by Crippen LogP contribution is -2.68. The predicted molar refractivity (Wildman–Crippen MR) is 140 cm³/mol. The van der Waals surface area contributed by atoms with Gasteiger partial charge in [-0.25, -0.2) is 0 Å². The number of phenols is 1. The Morgan fingerprint density at radius 3 is 2.33 bits per heavy atom. The van der Waals surface area contributed by atoms with E-state index in [1.165, 1.54) is 31.1 Å². The van der Waals surface area contributed by atoms with Crippen LogP contribution in [0, 0.1) is 23.2 Å². The first-order valence-electron chi connectivity index (χ1n) is 12.2. The minimum atomic E-state index is -3.01. The maximum atomic E-state index is 13.8. The molecular weight excluding hydrogens is 518 g/mol. The molecule has 5 rings (SSSR count). The quantitative estimate of drug-likeness (QED) is 0.302. The van der Waals surface area contributed by atoms with E-state index in [0.717, 1.165) is 0 Å². The average molecular weight is 544 g/mol. The predicted octanol–water partition coefficient (Wildman–Crippen LogP) is 0.961. The van der Waals surface area contributed by atoms with Crippen LogP contribution in [0.1, 0.15) is 27.0 Å². The lowest BCUT2D eigenvalue weighted by atomic mass is 9.56. The van der Waals surface area contributed by atoms with E-state index >= 15 is 0 Å². The Labute approximate surface area is 228 Å². The van der Waals surface area contributed by atoms with Gasteiger partial charge in [0.25, 0.3) is 5.91 Å². The van der Waals surface area contributed by atoms with Gasteiger partial charge in [-0.1, -0.05) is 30.3 Å². The summed E-state index contributed by atoms with van der Waals surface area (Å²) in [7, 11) is 2.93. The molecular formula is C29H25N3O8. The number of aromatic hydroxyl groups is 1. The van der Waals surface area contributed by atoms with Gasteiger partial charge in [0, 0.05) is 5.92 Å². The lowest BCUT2D eigenvalue weighted by Gasteiger charge is -2.52. The fraction of sp³-hybridized carbons (Fsp3) is 0.241. The number of nitriles is 1. The van der Waals surface area contributed by atoms with Gasteiger partial charge in [0.05, 0.1) is 40.8 Å². The van der Waals surface area contributed by atoms with Gasteiger partial charge in [-0.3, -0.25) is 19.3 Å². The Bertz CT molecular complexity index is 1630. The first-order chi connectivity index (χ1) is 18.9. The van der Waals surface area contributed by atoms with Crippen molar-refractivity contribution >= 4 is 29.1 Å². The zero-order chi connectivity index (χ0) is 29.3. The van der Waals surface area contributed by atoms with Crippen molar-refractivity contribution in [3.8, 4) is 11.8 Å². The van der Waals surface area contributed by atoms with E-state index in [-0.39, 0.29) is 16.7 Å². The summed E-state index contributed by atoms with van der Waals surface area (Å²) in [5.41, 5.74) is 2.05. The van der Waals surface area contributed by atoms with Crippen LogP contribution in [0.4, 0.5) is 0 Å². The Morgan fingerprint density at radius 1 is 1.10 bits per heavy atom. The number of likely N-dealkylation sites (N-methyl/N-ethyl adjacent to an activating group) is 1. The van der Waals surface area contributed by atoms with Gasteiger partial charge < -0.3 is 31.3 Å². The summed E-state index contributed by atoms with van der Waals surface area (Å²) in [5.74, 6) is -9.08. The van der Waals surface area contributed by atoms with E-state index in [1.54, 1.807) is 36.4 Å². The number of benzene rings is 2. The van der Waals surface area contributed by atoms with Gasteiger partial charge in [-0.2, -0.15) is 5.26 Å². The minimum Gasteiger partial charge on any atom is -0.510 e. The number of aliphatic hydroxyl groups excluding tert-OH is 3. The number of hydrogen-bond donors (Lipinski definition) is 6. The van der Waals surface area contributed by atoms with Crippen LogP contribution in [-0.4, -0.2) is 79.7 Å². The van der Waals surface area contributed by atoms with Crippen molar-refractivity contribution in [1.29, 1.82) is 5.26 Å². The number of nitrogens with two attached hydrogens (primary N) is 1. The number of phenolic OH excluding ortho intramolecular Hbond substituents is 1. The van der Waals surface area contributed by atoms with E-state index in [9.17, 15) is 39.9 Å². The fourth-order valence-corrected chi connectivity index (χ4v) is 6.15. The number of fused-ring (bicyclic) bond motifs is 3. The Kier molecular flexibility index (Phi) is 6.15. The second-order valence-corrected chi connectivity index (χ2v) is 10.2. The zero-order valence-corrected chi connectivity index (χ0v) is 21.4. The zero-order valence-electron chi connectivity index (χ0n) is 21.4. The molecule has 0 saturated carbocycles. The van der Waals surface area contributed by atoms with Gasteiger partial charge in [0.1, 0.15) is 22.8 Å². The molecule has 0 heterocycles. The summed E-state index contributed by atoms with van der Waals surface area (Å²) in [6, 6.07) is 11.3. The monoisotopic (exact) mass is 543 g/mol. The maximum Gasteiger partial charge on any atom is 0.255 e. The van der Waals surface area contributed by atoms with Gasteiger partial charge in [0.2, 0.25) is 5.78 Å². The van der Waals surface area contributed by atoms with Crippen LogP contribution < -0.4 is 5.73 Å². The van der Waals surface area contributed by atoms with Crippen LogP contribution in [0.5, 0.6) is 5.75 Å². The highest BCUT2D eigenvalue weighted by molar-refractivity contribution is 6.25. The molecule has 0 radical (unpaired) electrons. The third-order valence-corrected chi connectivity index (χ3v) is 7.89. The minimum absolute atomic E-state index is 0.227. The van der Waals surface area contributed by atoms with Gasteiger partial charge in [0.15, 0.2) is 11.4 Å². The molecule has 7 N–H and O–H groups in total. The molecule has 0 aliphatic heterocycles. The van der Waals surface area contributed by atoms with Crippen molar-refractivity contribution in [3.05, 3.63) is 87.4 Å². The number of aliphatic hydroxyl groups is 4. The molecule has 11 heteroatoms. The molecule has 0 saturated heterocycles. The molecule has 40 heavy (non-hydrogen) atoms. The number of Topliss-reactive ketones (excluding diaryl/α,β-unsaturated/α-hetero) is 2. The molecule has 0 fully saturated rings. The number of carbonyl (C=O) groups is 3. The van der Waals surface area contributed by atoms with E-state index in [2.05, 4.69) is 0 Å². The number of amides is 1. The number of rotatable bonds is 3. The summed E-state index contributed by atoms with van der Waals surface area (Å²) in [6.45, 7) is 0. The molecule has 5 atom stereocenters. The molecule has 11 nitrogen and oxygen atoms in total. The normalized spacial score (nSPS) is 28.8. The van der Waals surface area contributed by atoms with Gasteiger partial charge in [-0.15, -0.1) is 0 Å². The summed E-state index contributed by atoms with van der Waals surface area (Å²) >= 11 is 0. The highest BCUT2D eigenvalue weighted by Gasteiger charge is 2.67. The highest BCUT2D eigenvalue weighted by Crippen LogP contribution is 2.55. The number of hydrogen-bond acceptors (Lipinski definition) is 10. The first-order valence-corrected chi connectivity index (χ1v) is 12.2. The fourth-order valence-electron chi connectivity index (χ4n) is 6.15. The molecule has 0 spiro atoms. The first kappa shape index (κ1) is 26.8. The van der Waals surface area contributed by atoms with Crippen molar-refractivity contribution in [2.45, 2.75) is 17.7 Å². The van der Waals surface area contributed by atoms with Crippen molar-refractivity contribution in [1.82, 2.24) is 4.90 Å². The van der Waals surface area contributed by atoms with Crippen LogP contribution >= 0.6 is 0 Å². The number of carbonyl (C=O) groups excluding carboxylic acids is 3. The van der Waals surface area contributed by atoms with Crippen LogP contribution in [-0.2, 0) is 9.59 Å². The van der Waals surface area contributed by atoms with Crippen LogP contribution in [0.15, 0.2) is 65.1 Å². The summed E-state index contributed by atoms with van der Waals surface area (Å²) in [6.07, 6.45) is -0.176. The molecule has 2 aromatic rings. The number of ketones is 2. The second-order valence-electron chi connectivity index (χ2n) is 10.2. The molecule has 3 aliphatic rings. The molecule has 1 amide bonds. The summed E-state index contributed by atoms with van der Waals surface area (Å²) in [5, 5.41) is 65.9. The Balaban J connectivity index is 1.85. The third kappa shape index (κ3) is 3.51. The molecule has 2 aromatic carbocycles.